The summed E-state index contributed by atoms with van der Waals surface area (Å²) in [7, 11) is 0. The number of halogens is 3. The van der Waals surface area contributed by atoms with E-state index in [1.54, 1.807) is 62.3 Å². The van der Waals surface area contributed by atoms with Crippen molar-refractivity contribution in [3.63, 3.8) is 0 Å². The van der Waals surface area contributed by atoms with Gasteiger partial charge in [-0.2, -0.15) is 13.2 Å². The Morgan fingerprint density at radius 1 is 0.661 bits per heavy atom. The minimum absolute atomic E-state index is 0.269. The number of hydrogen-bond acceptors (Lipinski definition) is 17. The summed E-state index contributed by atoms with van der Waals surface area (Å²) in [5.74, 6) is -2.52. The molecule has 0 aromatic rings. The minimum atomic E-state index is -5.43. The second kappa shape index (κ2) is 19.6. The molecule has 342 valence electrons. The molecule has 14 atom stereocenters. The molecular formula is C35H60F3N5O16. The van der Waals surface area contributed by atoms with E-state index in [-0.39, 0.29) is 19.4 Å². The molecule has 21 nitrogen and oxygen atoms in total. The number of amides is 4. The van der Waals surface area contributed by atoms with Crippen LogP contribution < -0.4 is 27.0 Å². The molecule has 0 bridgehead atoms. The van der Waals surface area contributed by atoms with E-state index in [2.05, 4.69) is 16.0 Å². The minimum Gasteiger partial charge on any atom is -0.444 e. The molecule has 4 amide bonds. The molecule has 0 spiro atoms. The van der Waals surface area contributed by atoms with Gasteiger partial charge in [0.05, 0.1) is 30.8 Å². The molecule has 0 unspecified atom stereocenters. The summed E-state index contributed by atoms with van der Waals surface area (Å²) in [4.78, 5) is 50.2. The average Bonchev–Trinajstić information content (AvgIpc) is 3.04. The number of ether oxygens (including phenoxy) is 7. The highest BCUT2D eigenvalue weighted by molar-refractivity contribution is 5.82. The van der Waals surface area contributed by atoms with Crippen LogP contribution in [0.3, 0.4) is 0 Å². The summed E-state index contributed by atoms with van der Waals surface area (Å²) in [5, 5.41) is 63.4. The maximum Gasteiger partial charge on any atom is 0.471 e. The van der Waals surface area contributed by atoms with Crippen molar-refractivity contribution in [2.75, 3.05) is 13.2 Å². The lowest BCUT2D eigenvalue weighted by Crippen LogP contribution is -2.70. The number of hydrogen-bond donors (Lipinski definition) is 10. The number of aliphatic hydroxyl groups excluding tert-OH is 5. The Hall–Kier alpha value is -3.33. The Bertz CT molecular complexity index is 1440. The van der Waals surface area contributed by atoms with Crippen molar-refractivity contribution in [3.05, 3.63) is 0 Å². The van der Waals surface area contributed by atoms with Gasteiger partial charge in [-0.15, -0.1) is 0 Å². The Balaban J connectivity index is 1.99. The zero-order valence-corrected chi connectivity index (χ0v) is 34.3. The van der Waals surface area contributed by atoms with Crippen LogP contribution in [0.15, 0.2) is 0 Å². The third-order valence-corrected chi connectivity index (χ3v) is 8.85. The topological polar surface area (TPSA) is 308 Å². The highest BCUT2D eigenvalue weighted by atomic mass is 19.4. The normalized spacial score (nSPS) is 34.5. The quantitative estimate of drug-likeness (QED) is 0.119. The maximum atomic E-state index is 13.1. The van der Waals surface area contributed by atoms with Gasteiger partial charge in [0.15, 0.2) is 12.6 Å². The molecule has 0 aromatic heterocycles. The van der Waals surface area contributed by atoms with Gasteiger partial charge < -0.3 is 85.7 Å². The van der Waals surface area contributed by atoms with Crippen LogP contribution in [-0.2, 0) is 38.0 Å². The lowest BCUT2D eigenvalue weighted by atomic mass is 9.83. The van der Waals surface area contributed by atoms with E-state index < -0.39 is 139 Å². The standard InChI is InChI=1S/C35H60F3N5O16/c1-32(2,3)57-29(50)40-12-18-17(45)11-16(42-31(52)59-34(7,8)9)26(53-18)56-25-15(41-30(51)58-33(4,5)6)10-14(39)24(23(25)48)55-27-22(47)20(21(46)19(13-44)54-27)43-28(49)35(36,37)38/h14-27,44-48H,10-13,39H2,1-9H3,(H,40,50)(H,41,51)(H,42,52)(H,43,49)/t14-,15+,16-,17+,18-,19-,20+,21-,22-,23-,24+,25-,26-,27-/m1/s1. The second-order valence-corrected chi connectivity index (χ2v) is 17.5. The SMILES string of the molecule is CC(C)(C)OC(=O)NC[C@H]1O[C@H](O[C@H]2[C@H](O)[C@@H](O[C@H]3O[C@H](CO)[C@@H](O)[C@H](NC(=O)C(F)(F)F)[C@H]3O)[C@H](N)C[C@@H]2NC(=O)OC(C)(C)C)[C@H](NC(=O)OC(C)(C)C)C[C@@H]1O. The van der Waals surface area contributed by atoms with Crippen LogP contribution >= 0.6 is 0 Å². The van der Waals surface area contributed by atoms with Gasteiger partial charge >= 0.3 is 30.4 Å². The Labute approximate surface area is 339 Å². The summed E-state index contributed by atoms with van der Waals surface area (Å²) in [6.07, 6.45) is -26.2. The summed E-state index contributed by atoms with van der Waals surface area (Å²) in [5.41, 5.74) is 3.58. The molecule has 24 heteroatoms. The number of alkyl carbamates (subject to hydrolysis) is 3. The first-order chi connectivity index (χ1) is 26.9. The number of nitrogens with two attached hydrogens (primary N) is 1. The molecule has 3 rings (SSSR count). The van der Waals surface area contributed by atoms with Crippen molar-refractivity contribution >= 4 is 24.2 Å². The molecule has 2 saturated heterocycles. The van der Waals surface area contributed by atoms with Crippen molar-refractivity contribution in [1.29, 1.82) is 0 Å². The van der Waals surface area contributed by atoms with Crippen LogP contribution in [0.5, 0.6) is 0 Å². The van der Waals surface area contributed by atoms with Gasteiger partial charge in [0, 0.05) is 19.0 Å². The van der Waals surface area contributed by atoms with Gasteiger partial charge in [-0.3, -0.25) is 4.79 Å². The Morgan fingerprint density at radius 3 is 1.66 bits per heavy atom. The molecule has 0 radical (unpaired) electrons. The summed E-state index contributed by atoms with van der Waals surface area (Å²) in [6, 6.07) is -5.85. The Kier molecular flexibility index (Phi) is 16.6. The van der Waals surface area contributed by atoms with Crippen LogP contribution in [0.4, 0.5) is 27.6 Å². The average molecular weight is 864 g/mol. The van der Waals surface area contributed by atoms with Crippen LogP contribution in [0, 0.1) is 0 Å². The van der Waals surface area contributed by atoms with E-state index in [9.17, 15) is 57.9 Å². The number of rotatable bonds is 10. The van der Waals surface area contributed by atoms with Gasteiger partial charge in [-0.25, -0.2) is 14.4 Å². The summed E-state index contributed by atoms with van der Waals surface area (Å²) in [6.45, 7) is 13.1. The van der Waals surface area contributed by atoms with Crippen molar-refractivity contribution in [2.45, 2.75) is 184 Å². The predicted octanol–water partition coefficient (Wildman–Crippen LogP) is -0.878. The number of alkyl halides is 3. The van der Waals surface area contributed by atoms with E-state index in [0.717, 1.165) is 0 Å². The van der Waals surface area contributed by atoms with Gasteiger partial charge in [-0.1, -0.05) is 0 Å². The zero-order valence-electron chi connectivity index (χ0n) is 34.3. The molecule has 59 heavy (non-hydrogen) atoms. The van der Waals surface area contributed by atoms with E-state index in [1.807, 2.05) is 0 Å². The third-order valence-electron chi connectivity index (χ3n) is 8.85. The van der Waals surface area contributed by atoms with Gasteiger partial charge in [0.2, 0.25) is 0 Å². The molecule has 3 aliphatic rings. The molecular weight excluding hydrogens is 803 g/mol. The molecule has 2 aliphatic heterocycles. The summed E-state index contributed by atoms with van der Waals surface area (Å²) >= 11 is 0. The van der Waals surface area contributed by atoms with Crippen LogP contribution in [0.1, 0.15) is 75.2 Å². The summed E-state index contributed by atoms with van der Waals surface area (Å²) < 4.78 is 79.1. The van der Waals surface area contributed by atoms with E-state index in [0.29, 0.717) is 0 Å². The Morgan fingerprint density at radius 2 is 1.15 bits per heavy atom. The zero-order chi connectivity index (χ0) is 45.0. The van der Waals surface area contributed by atoms with Crippen molar-refractivity contribution in [3.8, 4) is 0 Å². The maximum absolute atomic E-state index is 13.1. The number of carbonyl (C=O) groups is 4. The van der Waals surface area contributed by atoms with Crippen molar-refractivity contribution in [1.82, 2.24) is 21.3 Å². The van der Waals surface area contributed by atoms with Crippen molar-refractivity contribution in [2.24, 2.45) is 5.73 Å². The lowest BCUT2D eigenvalue weighted by molar-refractivity contribution is -0.318. The van der Waals surface area contributed by atoms with Gasteiger partial charge in [-0.05, 0) is 68.7 Å². The lowest BCUT2D eigenvalue weighted by Gasteiger charge is -2.49. The number of nitrogens with one attached hydrogen (secondary N) is 4. The number of aliphatic hydroxyl groups is 5. The molecule has 0 aromatic carbocycles. The largest absolute Gasteiger partial charge is 0.471 e. The second-order valence-electron chi connectivity index (χ2n) is 17.5. The molecule has 2 heterocycles. The van der Waals surface area contributed by atoms with Crippen LogP contribution in [0.2, 0.25) is 0 Å². The monoisotopic (exact) mass is 863 g/mol. The van der Waals surface area contributed by atoms with E-state index in [4.69, 9.17) is 38.9 Å². The first-order valence-corrected chi connectivity index (χ1v) is 18.9. The highest BCUT2D eigenvalue weighted by Gasteiger charge is 2.54. The van der Waals surface area contributed by atoms with E-state index in [1.165, 1.54) is 5.32 Å². The van der Waals surface area contributed by atoms with Gasteiger partial charge in [0.1, 0.15) is 59.5 Å². The fourth-order valence-electron chi connectivity index (χ4n) is 6.39. The third kappa shape index (κ3) is 15.0. The molecule has 1 saturated carbocycles. The molecule has 11 N–H and O–H groups in total. The van der Waals surface area contributed by atoms with Crippen LogP contribution in [0.25, 0.3) is 0 Å². The number of carbonyl (C=O) groups excluding carboxylic acids is 4. The first kappa shape index (κ1) is 50.0. The molecule has 3 fully saturated rings. The fourth-order valence-corrected chi connectivity index (χ4v) is 6.39. The fraction of sp³-hybridized carbons (Fsp3) is 0.886. The first-order valence-electron chi connectivity index (χ1n) is 18.9. The molecule has 1 aliphatic carbocycles. The van der Waals surface area contributed by atoms with E-state index >= 15 is 0 Å². The van der Waals surface area contributed by atoms with Crippen molar-refractivity contribution < 1.29 is 91.0 Å². The van der Waals surface area contributed by atoms with Gasteiger partial charge in [0.25, 0.3) is 0 Å². The smallest absolute Gasteiger partial charge is 0.444 e. The highest BCUT2D eigenvalue weighted by Crippen LogP contribution is 2.33. The van der Waals surface area contributed by atoms with Crippen LogP contribution in [-0.4, -0.2) is 171 Å². The predicted molar refractivity (Wildman–Crippen MR) is 194 cm³/mol.